The predicted molar refractivity (Wildman–Crippen MR) is 99.2 cm³/mol. The molecule has 0 radical (unpaired) electrons. The molecule has 0 atom stereocenters. The molecule has 25 heavy (non-hydrogen) atoms. The zero-order valence-corrected chi connectivity index (χ0v) is 16.0. The van der Waals surface area contributed by atoms with E-state index in [1.54, 1.807) is 0 Å². The monoisotopic (exact) mass is 383 g/mol. The first kappa shape index (κ1) is 19.6. The molecule has 7 heteroatoms. The van der Waals surface area contributed by atoms with Crippen LogP contribution >= 0.6 is 11.6 Å². The Balaban J connectivity index is 1.89. The highest BCUT2D eigenvalue weighted by Crippen LogP contribution is 2.26. The van der Waals surface area contributed by atoms with E-state index in [1.165, 1.54) is 30.9 Å². The standard InChI is InChI=1S/C18H22ClNO4S/c1-13(2)14-4-6-15(7-5-14)24-11-10-20-25(21,22)16-8-9-18(23-3)17(19)12-16/h4-9,12-13,20H,10-11H2,1-3H3. The van der Waals surface area contributed by atoms with Gasteiger partial charge in [0, 0.05) is 6.54 Å². The number of methoxy groups -OCH3 is 1. The number of nitrogens with one attached hydrogen (secondary N) is 1. The van der Waals surface area contributed by atoms with E-state index in [2.05, 4.69) is 18.6 Å². The first-order valence-electron chi connectivity index (χ1n) is 7.89. The second-order valence-electron chi connectivity index (χ2n) is 5.77. The van der Waals surface area contributed by atoms with E-state index >= 15 is 0 Å². The van der Waals surface area contributed by atoms with Crippen LogP contribution in [-0.4, -0.2) is 28.7 Å². The van der Waals surface area contributed by atoms with Crippen molar-refractivity contribution >= 4 is 21.6 Å². The molecule has 2 aromatic rings. The Morgan fingerprint density at radius 2 is 1.80 bits per heavy atom. The lowest BCUT2D eigenvalue weighted by Gasteiger charge is -2.11. The van der Waals surface area contributed by atoms with E-state index < -0.39 is 10.0 Å². The zero-order valence-electron chi connectivity index (χ0n) is 14.5. The number of sulfonamides is 1. The Labute approximate surface area is 154 Å². The molecule has 0 saturated carbocycles. The Morgan fingerprint density at radius 3 is 2.36 bits per heavy atom. The van der Waals surface area contributed by atoms with Gasteiger partial charge in [0.25, 0.3) is 0 Å². The molecule has 0 aromatic heterocycles. The van der Waals surface area contributed by atoms with Crippen LogP contribution in [0.1, 0.15) is 25.3 Å². The maximum absolute atomic E-state index is 12.2. The van der Waals surface area contributed by atoms with E-state index in [-0.39, 0.29) is 23.1 Å². The second kappa shape index (κ2) is 8.56. The van der Waals surface area contributed by atoms with Crippen LogP contribution in [0.2, 0.25) is 5.02 Å². The molecule has 0 amide bonds. The van der Waals surface area contributed by atoms with Crippen molar-refractivity contribution in [2.45, 2.75) is 24.7 Å². The Bertz CT molecular complexity index is 804. The molecule has 0 saturated heterocycles. The van der Waals surface area contributed by atoms with Crippen molar-refractivity contribution in [1.29, 1.82) is 0 Å². The number of hydrogen-bond acceptors (Lipinski definition) is 4. The predicted octanol–water partition coefficient (Wildman–Crippen LogP) is 3.83. The van der Waals surface area contributed by atoms with Crippen molar-refractivity contribution < 1.29 is 17.9 Å². The quantitative estimate of drug-likeness (QED) is 0.703. The SMILES string of the molecule is COc1ccc(S(=O)(=O)NCCOc2ccc(C(C)C)cc2)cc1Cl. The van der Waals surface area contributed by atoms with Gasteiger partial charge in [0.2, 0.25) is 10.0 Å². The van der Waals surface area contributed by atoms with Crippen molar-refractivity contribution in [2.75, 3.05) is 20.3 Å². The van der Waals surface area contributed by atoms with Crippen molar-refractivity contribution in [3.63, 3.8) is 0 Å². The molecular formula is C18H22ClNO4S. The van der Waals surface area contributed by atoms with Crippen LogP contribution in [0.4, 0.5) is 0 Å². The fourth-order valence-corrected chi connectivity index (χ4v) is 3.55. The van der Waals surface area contributed by atoms with Gasteiger partial charge in [0.15, 0.2) is 0 Å². The van der Waals surface area contributed by atoms with Gasteiger partial charge >= 0.3 is 0 Å². The van der Waals surface area contributed by atoms with Gasteiger partial charge in [-0.1, -0.05) is 37.6 Å². The molecule has 0 fully saturated rings. The first-order valence-corrected chi connectivity index (χ1v) is 9.75. The summed E-state index contributed by atoms with van der Waals surface area (Å²) in [6.45, 7) is 4.62. The highest BCUT2D eigenvalue weighted by Gasteiger charge is 2.15. The topological polar surface area (TPSA) is 64.6 Å². The molecule has 0 heterocycles. The van der Waals surface area contributed by atoms with Crippen LogP contribution in [0.3, 0.4) is 0 Å². The van der Waals surface area contributed by atoms with Crippen LogP contribution in [0.15, 0.2) is 47.4 Å². The molecule has 1 N–H and O–H groups in total. The molecule has 0 aliphatic heterocycles. The van der Waals surface area contributed by atoms with E-state index in [0.29, 0.717) is 17.4 Å². The van der Waals surface area contributed by atoms with Gasteiger partial charge in [0.05, 0.1) is 17.0 Å². The van der Waals surface area contributed by atoms with Crippen LogP contribution in [0.25, 0.3) is 0 Å². The largest absolute Gasteiger partial charge is 0.495 e. The molecule has 2 aromatic carbocycles. The van der Waals surface area contributed by atoms with Crippen molar-refractivity contribution in [3.05, 3.63) is 53.1 Å². The number of rotatable bonds is 8. The molecule has 2 rings (SSSR count). The third kappa shape index (κ3) is 5.36. The molecule has 0 aliphatic rings. The molecular weight excluding hydrogens is 362 g/mol. The average molecular weight is 384 g/mol. The third-order valence-corrected chi connectivity index (χ3v) is 5.40. The number of halogens is 1. The van der Waals surface area contributed by atoms with Gasteiger partial charge in [-0.05, 0) is 41.8 Å². The molecule has 5 nitrogen and oxygen atoms in total. The first-order chi connectivity index (χ1) is 11.8. The third-order valence-electron chi connectivity index (χ3n) is 3.64. The molecule has 0 aliphatic carbocycles. The lowest BCUT2D eigenvalue weighted by molar-refractivity contribution is 0.322. The summed E-state index contributed by atoms with van der Waals surface area (Å²) >= 11 is 5.97. The lowest BCUT2D eigenvalue weighted by Crippen LogP contribution is -2.28. The minimum absolute atomic E-state index is 0.0830. The normalized spacial score (nSPS) is 11.6. The Kier molecular flexibility index (Phi) is 6.70. The summed E-state index contributed by atoms with van der Waals surface area (Å²) in [5, 5.41) is 0.242. The fourth-order valence-electron chi connectivity index (χ4n) is 2.19. The summed E-state index contributed by atoms with van der Waals surface area (Å²) in [6.07, 6.45) is 0. The smallest absolute Gasteiger partial charge is 0.240 e. The molecule has 136 valence electrons. The van der Waals surface area contributed by atoms with Gasteiger partial charge in [-0.3, -0.25) is 0 Å². The van der Waals surface area contributed by atoms with Crippen LogP contribution < -0.4 is 14.2 Å². The minimum atomic E-state index is -3.65. The summed E-state index contributed by atoms with van der Waals surface area (Å²) in [5.41, 5.74) is 1.23. The minimum Gasteiger partial charge on any atom is -0.495 e. The molecule has 0 bridgehead atoms. The summed E-state index contributed by atoms with van der Waals surface area (Å²) in [4.78, 5) is 0.0830. The fraction of sp³-hybridized carbons (Fsp3) is 0.333. The van der Waals surface area contributed by atoms with Crippen LogP contribution in [0, 0.1) is 0 Å². The van der Waals surface area contributed by atoms with E-state index in [1.807, 2.05) is 24.3 Å². The zero-order chi connectivity index (χ0) is 18.4. The van der Waals surface area contributed by atoms with Gasteiger partial charge in [-0.25, -0.2) is 13.1 Å². The Hall–Kier alpha value is -1.76. The molecule has 0 spiro atoms. The summed E-state index contributed by atoms with van der Waals surface area (Å²) in [7, 11) is -2.18. The number of ether oxygens (including phenoxy) is 2. The van der Waals surface area contributed by atoms with Gasteiger partial charge in [-0.2, -0.15) is 0 Å². The summed E-state index contributed by atoms with van der Waals surface area (Å²) < 4.78 is 37.6. The summed E-state index contributed by atoms with van der Waals surface area (Å²) in [6, 6.07) is 12.1. The van der Waals surface area contributed by atoms with Gasteiger partial charge < -0.3 is 9.47 Å². The molecule has 0 unspecified atom stereocenters. The number of hydrogen-bond donors (Lipinski definition) is 1. The maximum Gasteiger partial charge on any atom is 0.240 e. The van der Waals surface area contributed by atoms with Crippen molar-refractivity contribution in [2.24, 2.45) is 0 Å². The van der Waals surface area contributed by atoms with E-state index in [9.17, 15) is 8.42 Å². The van der Waals surface area contributed by atoms with Gasteiger partial charge in [0.1, 0.15) is 18.1 Å². The van der Waals surface area contributed by atoms with Crippen LogP contribution in [0.5, 0.6) is 11.5 Å². The highest BCUT2D eigenvalue weighted by molar-refractivity contribution is 7.89. The summed E-state index contributed by atoms with van der Waals surface area (Å²) in [5.74, 6) is 1.59. The average Bonchev–Trinajstić information content (AvgIpc) is 2.59. The van der Waals surface area contributed by atoms with Gasteiger partial charge in [-0.15, -0.1) is 0 Å². The number of benzene rings is 2. The van der Waals surface area contributed by atoms with E-state index in [4.69, 9.17) is 21.1 Å². The Morgan fingerprint density at radius 1 is 1.12 bits per heavy atom. The highest BCUT2D eigenvalue weighted by atomic mass is 35.5. The second-order valence-corrected chi connectivity index (χ2v) is 7.94. The lowest BCUT2D eigenvalue weighted by atomic mass is 10.0. The van der Waals surface area contributed by atoms with Crippen LogP contribution in [-0.2, 0) is 10.0 Å². The van der Waals surface area contributed by atoms with E-state index in [0.717, 1.165) is 0 Å². The van der Waals surface area contributed by atoms with Crippen molar-refractivity contribution in [1.82, 2.24) is 4.72 Å². The maximum atomic E-state index is 12.2. The van der Waals surface area contributed by atoms with Crippen molar-refractivity contribution in [3.8, 4) is 11.5 Å².